The molecule has 0 saturated carbocycles. The predicted molar refractivity (Wildman–Crippen MR) is 106 cm³/mol. The molecule has 0 aliphatic carbocycles. The molecule has 0 spiro atoms. The molecule has 0 unspecified atom stereocenters. The Labute approximate surface area is 162 Å². The number of hydrogen-bond acceptors (Lipinski definition) is 4. The lowest BCUT2D eigenvalue weighted by molar-refractivity contribution is -0.137. The van der Waals surface area contributed by atoms with Crippen molar-refractivity contribution in [2.45, 2.75) is 19.8 Å². The fourth-order valence-electron chi connectivity index (χ4n) is 2.33. The molecule has 8 heteroatoms. The number of carbonyl (C=O) groups excluding carboxylic acids is 2. The summed E-state index contributed by atoms with van der Waals surface area (Å²) in [5.41, 5.74) is 1.62. The van der Waals surface area contributed by atoms with Gasteiger partial charge in [0.25, 0.3) is 5.91 Å². The first-order valence-electron chi connectivity index (χ1n) is 8.89. The summed E-state index contributed by atoms with van der Waals surface area (Å²) in [6, 6.07) is 13.1. The van der Waals surface area contributed by atoms with Gasteiger partial charge >= 0.3 is 12.0 Å². The number of carbonyl (C=O) groups is 3. The van der Waals surface area contributed by atoms with Crippen LogP contribution in [0.3, 0.4) is 0 Å². The first-order valence-corrected chi connectivity index (χ1v) is 8.89. The Morgan fingerprint density at radius 2 is 1.54 bits per heavy atom. The highest BCUT2D eigenvalue weighted by molar-refractivity contribution is 6.04. The van der Waals surface area contributed by atoms with E-state index >= 15 is 0 Å². The van der Waals surface area contributed by atoms with Gasteiger partial charge in [0.1, 0.15) is 5.75 Å². The molecule has 0 aliphatic rings. The Hall–Kier alpha value is -3.55. The van der Waals surface area contributed by atoms with Crippen LogP contribution in [0.4, 0.5) is 16.2 Å². The highest BCUT2D eigenvalue weighted by Crippen LogP contribution is 2.17. The number of benzene rings is 2. The maximum absolute atomic E-state index is 12.3. The van der Waals surface area contributed by atoms with Gasteiger partial charge in [-0.05, 0) is 61.9 Å². The van der Waals surface area contributed by atoms with Crippen molar-refractivity contribution < 1.29 is 24.2 Å². The van der Waals surface area contributed by atoms with E-state index in [2.05, 4.69) is 16.0 Å². The second-order valence-corrected chi connectivity index (χ2v) is 5.87. The minimum Gasteiger partial charge on any atom is -0.494 e. The van der Waals surface area contributed by atoms with Gasteiger partial charge in [0.15, 0.2) is 0 Å². The normalized spacial score (nSPS) is 10.0. The molecule has 3 amide bonds. The zero-order valence-corrected chi connectivity index (χ0v) is 15.5. The zero-order valence-electron chi connectivity index (χ0n) is 15.5. The maximum Gasteiger partial charge on any atom is 0.319 e. The van der Waals surface area contributed by atoms with Crippen LogP contribution in [-0.2, 0) is 4.79 Å². The Bertz CT molecular complexity index is 804. The quantitative estimate of drug-likeness (QED) is 0.494. The smallest absolute Gasteiger partial charge is 0.319 e. The molecular formula is C20H23N3O5. The van der Waals surface area contributed by atoms with Crippen molar-refractivity contribution in [3.05, 3.63) is 54.1 Å². The summed E-state index contributed by atoms with van der Waals surface area (Å²) in [4.78, 5) is 34.4. The fourth-order valence-corrected chi connectivity index (χ4v) is 2.33. The van der Waals surface area contributed by atoms with E-state index in [9.17, 15) is 14.4 Å². The van der Waals surface area contributed by atoms with Crippen molar-refractivity contribution in [3.8, 4) is 5.75 Å². The van der Waals surface area contributed by atoms with Gasteiger partial charge < -0.3 is 25.8 Å². The number of carboxylic acid groups (broad SMARTS) is 1. The number of nitrogens with one attached hydrogen (secondary N) is 3. The van der Waals surface area contributed by atoms with Crippen LogP contribution in [0.5, 0.6) is 5.75 Å². The standard InChI is InChI=1S/C20H23N3O5/c1-2-28-17-11-9-15(10-12-17)22-19(26)14-5-7-16(8-6-14)23-20(27)21-13-3-4-18(24)25/h5-12H,2-4,13H2,1H3,(H,22,26)(H,24,25)(H2,21,23,27). The van der Waals surface area contributed by atoms with E-state index in [1.807, 2.05) is 6.92 Å². The molecule has 8 nitrogen and oxygen atoms in total. The number of aliphatic carboxylic acids is 1. The lowest BCUT2D eigenvalue weighted by atomic mass is 10.2. The van der Waals surface area contributed by atoms with Crippen molar-refractivity contribution in [3.63, 3.8) is 0 Å². The lowest BCUT2D eigenvalue weighted by Crippen LogP contribution is -2.29. The van der Waals surface area contributed by atoms with E-state index in [-0.39, 0.29) is 18.9 Å². The van der Waals surface area contributed by atoms with Crippen molar-refractivity contribution in [2.75, 3.05) is 23.8 Å². The SMILES string of the molecule is CCOc1ccc(NC(=O)c2ccc(NC(=O)NCCCC(=O)O)cc2)cc1. The van der Waals surface area contributed by atoms with Crippen molar-refractivity contribution >= 4 is 29.3 Å². The third-order valence-electron chi connectivity index (χ3n) is 3.68. The Morgan fingerprint density at radius 1 is 0.929 bits per heavy atom. The van der Waals surface area contributed by atoms with E-state index < -0.39 is 12.0 Å². The lowest BCUT2D eigenvalue weighted by Gasteiger charge is -2.09. The minimum atomic E-state index is -0.902. The monoisotopic (exact) mass is 385 g/mol. The third-order valence-corrected chi connectivity index (χ3v) is 3.68. The molecule has 2 aromatic carbocycles. The number of hydrogen-bond donors (Lipinski definition) is 4. The molecule has 0 aromatic heterocycles. The largest absolute Gasteiger partial charge is 0.494 e. The summed E-state index contributed by atoms with van der Waals surface area (Å²) >= 11 is 0. The summed E-state index contributed by atoms with van der Waals surface area (Å²) < 4.78 is 5.36. The van der Waals surface area contributed by atoms with E-state index in [0.29, 0.717) is 30.0 Å². The Kier molecular flexibility index (Phi) is 7.83. The van der Waals surface area contributed by atoms with Crippen LogP contribution in [0.1, 0.15) is 30.1 Å². The van der Waals surface area contributed by atoms with Gasteiger partial charge in [0, 0.05) is 29.9 Å². The highest BCUT2D eigenvalue weighted by atomic mass is 16.5. The number of anilines is 2. The fraction of sp³-hybridized carbons (Fsp3) is 0.250. The van der Waals surface area contributed by atoms with Gasteiger partial charge in [0.05, 0.1) is 6.61 Å². The van der Waals surface area contributed by atoms with Crippen molar-refractivity contribution in [1.29, 1.82) is 0 Å². The molecule has 28 heavy (non-hydrogen) atoms. The number of carboxylic acids is 1. The van der Waals surface area contributed by atoms with Crippen molar-refractivity contribution in [1.82, 2.24) is 5.32 Å². The second-order valence-electron chi connectivity index (χ2n) is 5.87. The van der Waals surface area contributed by atoms with Gasteiger partial charge in [-0.25, -0.2) is 4.79 Å². The highest BCUT2D eigenvalue weighted by Gasteiger charge is 2.08. The Morgan fingerprint density at radius 3 is 2.14 bits per heavy atom. The molecule has 0 radical (unpaired) electrons. The van der Waals surface area contributed by atoms with Gasteiger partial charge in [-0.1, -0.05) is 0 Å². The van der Waals surface area contributed by atoms with Gasteiger partial charge in [-0.2, -0.15) is 0 Å². The van der Waals surface area contributed by atoms with Crippen LogP contribution in [0.15, 0.2) is 48.5 Å². The third kappa shape index (κ3) is 6.99. The average molecular weight is 385 g/mol. The number of urea groups is 1. The first-order chi connectivity index (χ1) is 13.5. The summed E-state index contributed by atoms with van der Waals surface area (Å²) in [5, 5.41) is 16.5. The molecule has 0 aliphatic heterocycles. The number of ether oxygens (including phenoxy) is 1. The molecule has 0 atom stereocenters. The summed E-state index contributed by atoms with van der Waals surface area (Å²) in [6.45, 7) is 2.74. The van der Waals surface area contributed by atoms with Crippen LogP contribution in [0.2, 0.25) is 0 Å². The van der Waals surface area contributed by atoms with E-state index in [4.69, 9.17) is 9.84 Å². The number of amides is 3. The maximum atomic E-state index is 12.3. The predicted octanol–water partition coefficient (Wildman–Crippen LogP) is 3.32. The number of rotatable bonds is 9. The van der Waals surface area contributed by atoms with Gasteiger partial charge in [-0.15, -0.1) is 0 Å². The average Bonchev–Trinajstić information content (AvgIpc) is 2.67. The van der Waals surface area contributed by atoms with E-state index in [0.717, 1.165) is 5.75 Å². The minimum absolute atomic E-state index is 0.00154. The summed E-state index contributed by atoms with van der Waals surface area (Å²) in [5.74, 6) is -0.438. The second kappa shape index (κ2) is 10.6. The molecule has 0 saturated heterocycles. The molecule has 0 heterocycles. The van der Waals surface area contributed by atoms with E-state index in [1.54, 1.807) is 48.5 Å². The molecule has 148 valence electrons. The molecular weight excluding hydrogens is 362 g/mol. The molecule has 0 fully saturated rings. The molecule has 2 rings (SSSR count). The van der Waals surface area contributed by atoms with Crippen molar-refractivity contribution in [2.24, 2.45) is 0 Å². The summed E-state index contributed by atoms with van der Waals surface area (Å²) in [6.07, 6.45) is 0.353. The van der Waals surface area contributed by atoms with Gasteiger partial charge in [-0.3, -0.25) is 9.59 Å². The van der Waals surface area contributed by atoms with Crippen LogP contribution in [-0.4, -0.2) is 36.2 Å². The molecule has 2 aromatic rings. The van der Waals surface area contributed by atoms with Crippen LogP contribution >= 0.6 is 0 Å². The van der Waals surface area contributed by atoms with Gasteiger partial charge in [0.2, 0.25) is 0 Å². The van der Waals surface area contributed by atoms with Crippen LogP contribution < -0.4 is 20.7 Å². The van der Waals surface area contributed by atoms with E-state index in [1.165, 1.54) is 0 Å². The molecule has 4 N–H and O–H groups in total. The Balaban J connectivity index is 1.83. The zero-order chi connectivity index (χ0) is 20.4. The summed E-state index contributed by atoms with van der Waals surface area (Å²) in [7, 11) is 0. The first kappa shape index (κ1) is 20.8. The molecule has 0 bridgehead atoms. The van der Waals surface area contributed by atoms with Crippen LogP contribution in [0, 0.1) is 0 Å². The van der Waals surface area contributed by atoms with Crippen LogP contribution in [0.25, 0.3) is 0 Å². The topological polar surface area (TPSA) is 117 Å².